The molecule has 1 amide bonds. The molecular weight excluding hydrogens is 326 g/mol. The molecule has 0 heterocycles. The maximum absolute atomic E-state index is 12.2. The van der Waals surface area contributed by atoms with E-state index in [-0.39, 0.29) is 25.5 Å². The first kappa shape index (κ1) is 17.7. The third kappa shape index (κ3) is 4.48. The fourth-order valence-electron chi connectivity index (χ4n) is 2.83. The number of benzene rings is 3. The first-order chi connectivity index (χ1) is 12.6. The molecule has 26 heavy (non-hydrogen) atoms. The summed E-state index contributed by atoms with van der Waals surface area (Å²) in [5.41, 5.74) is 2.97. The number of fused-ring (bicyclic) bond motifs is 1. The molecule has 0 aliphatic carbocycles. The molecule has 4 nitrogen and oxygen atoms in total. The Morgan fingerprint density at radius 1 is 0.885 bits per heavy atom. The van der Waals surface area contributed by atoms with Gasteiger partial charge in [0.15, 0.2) is 0 Å². The number of rotatable bonds is 6. The van der Waals surface area contributed by atoms with E-state index in [1.54, 1.807) is 0 Å². The van der Waals surface area contributed by atoms with Gasteiger partial charge in [0, 0.05) is 0 Å². The molecule has 3 aromatic rings. The highest BCUT2D eigenvalue weighted by Gasteiger charge is 2.10. The molecule has 3 rings (SSSR count). The average molecular weight is 347 g/mol. The van der Waals surface area contributed by atoms with E-state index in [1.807, 2.05) is 73.7 Å². The second-order valence-electron chi connectivity index (χ2n) is 6.18. The van der Waals surface area contributed by atoms with Gasteiger partial charge >= 0.3 is 5.97 Å². The van der Waals surface area contributed by atoms with Crippen molar-refractivity contribution in [2.24, 2.45) is 0 Å². The van der Waals surface area contributed by atoms with Crippen LogP contribution >= 0.6 is 0 Å². The predicted octanol–water partition coefficient (Wildman–Crippen LogP) is 3.55. The molecule has 0 bridgehead atoms. The second kappa shape index (κ2) is 8.30. The Bertz CT molecular complexity index is 928. The number of hydrogen-bond donors (Lipinski definition) is 1. The van der Waals surface area contributed by atoms with Crippen molar-refractivity contribution in [3.63, 3.8) is 0 Å². The first-order valence-electron chi connectivity index (χ1n) is 8.57. The molecule has 0 saturated heterocycles. The second-order valence-corrected chi connectivity index (χ2v) is 6.18. The normalized spacial score (nSPS) is 10.5. The van der Waals surface area contributed by atoms with Gasteiger partial charge in [-0.1, -0.05) is 66.7 Å². The summed E-state index contributed by atoms with van der Waals surface area (Å²) in [7, 11) is 0. The van der Waals surface area contributed by atoms with Crippen molar-refractivity contribution in [1.29, 1.82) is 0 Å². The van der Waals surface area contributed by atoms with E-state index in [0.29, 0.717) is 0 Å². The summed E-state index contributed by atoms with van der Waals surface area (Å²) in [6.45, 7) is 2.05. The maximum atomic E-state index is 12.2. The van der Waals surface area contributed by atoms with Gasteiger partial charge in [-0.05, 0) is 34.4 Å². The van der Waals surface area contributed by atoms with Crippen LogP contribution in [0.25, 0.3) is 10.8 Å². The van der Waals surface area contributed by atoms with Crippen molar-refractivity contribution in [3.05, 3.63) is 83.4 Å². The van der Waals surface area contributed by atoms with Crippen molar-refractivity contribution >= 4 is 22.6 Å². The van der Waals surface area contributed by atoms with E-state index in [0.717, 1.165) is 27.5 Å². The number of carbonyl (C=O) groups excluding carboxylic acids is 2. The minimum absolute atomic E-state index is 0.129. The van der Waals surface area contributed by atoms with Crippen molar-refractivity contribution in [3.8, 4) is 0 Å². The number of esters is 1. The Kier molecular flexibility index (Phi) is 5.64. The van der Waals surface area contributed by atoms with Crippen LogP contribution in [0.4, 0.5) is 0 Å². The Hall–Kier alpha value is -3.14. The summed E-state index contributed by atoms with van der Waals surface area (Å²) in [6, 6.07) is 21.5. The third-order valence-electron chi connectivity index (χ3n) is 4.31. The van der Waals surface area contributed by atoms with E-state index < -0.39 is 5.97 Å². The highest BCUT2D eigenvalue weighted by Crippen LogP contribution is 2.18. The molecule has 0 unspecified atom stereocenters. The zero-order chi connectivity index (χ0) is 18.4. The van der Waals surface area contributed by atoms with Crippen LogP contribution in [0, 0.1) is 6.92 Å². The molecule has 0 atom stereocenters. The summed E-state index contributed by atoms with van der Waals surface area (Å²) in [5.74, 6) is -0.645. The zero-order valence-electron chi connectivity index (χ0n) is 14.7. The van der Waals surface area contributed by atoms with Gasteiger partial charge < -0.3 is 10.1 Å². The van der Waals surface area contributed by atoms with E-state index in [4.69, 9.17) is 4.74 Å². The smallest absolute Gasteiger partial charge is 0.325 e. The van der Waals surface area contributed by atoms with Gasteiger partial charge in [-0.2, -0.15) is 0 Å². The highest BCUT2D eigenvalue weighted by atomic mass is 16.5. The Labute approximate surface area is 152 Å². The standard InChI is InChI=1S/C22H21NO3/c1-16-7-2-3-9-19(16)15-26-22(25)14-23-21(24)13-18-11-6-10-17-8-4-5-12-20(17)18/h2-12H,13-15H2,1H3,(H,23,24). The molecule has 4 heteroatoms. The van der Waals surface area contributed by atoms with Crippen LogP contribution in [0.2, 0.25) is 0 Å². The number of aryl methyl sites for hydroxylation is 1. The monoisotopic (exact) mass is 347 g/mol. The van der Waals surface area contributed by atoms with Crippen LogP contribution in [0.3, 0.4) is 0 Å². The lowest BCUT2D eigenvalue weighted by Crippen LogP contribution is -2.31. The van der Waals surface area contributed by atoms with Crippen LogP contribution in [-0.4, -0.2) is 18.4 Å². The summed E-state index contributed by atoms with van der Waals surface area (Å²) < 4.78 is 5.23. The Balaban J connectivity index is 1.50. The average Bonchev–Trinajstić information content (AvgIpc) is 2.66. The molecular formula is C22H21NO3. The molecule has 132 valence electrons. The fourth-order valence-corrected chi connectivity index (χ4v) is 2.83. The quantitative estimate of drug-likeness (QED) is 0.694. The van der Waals surface area contributed by atoms with Gasteiger partial charge in [-0.3, -0.25) is 9.59 Å². The molecule has 3 aromatic carbocycles. The number of hydrogen-bond acceptors (Lipinski definition) is 3. The minimum Gasteiger partial charge on any atom is -0.459 e. The summed E-state index contributed by atoms with van der Waals surface area (Å²) in [4.78, 5) is 24.0. The van der Waals surface area contributed by atoms with E-state index in [1.165, 1.54) is 0 Å². The van der Waals surface area contributed by atoms with E-state index in [9.17, 15) is 9.59 Å². The van der Waals surface area contributed by atoms with Gasteiger partial charge in [0.2, 0.25) is 5.91 Å². The van der Waals surface area contributed by atoms with Gasteiger partial charge in [-0.15, -0.1) is 0 Å². The molecule has 0 aliphatic heterocycles. The van der Waals surface area contributed by atoms with Gasteiger partial charge in [0.05, 0.1) is 6.42 Å². The number of ether oxygens (including phenoxy) is 1. The zero-order valence-corrected chi connectivity index (χ0v) is 14.7. The van der Waals surface area contributed by atoms with Crippen molar-refractivity contribution in [1.82, 2.24) is 5.32 Å². The highest BCUT2D eigenvalue weighted by molar-refractivity contribution is 5.91. The fraction of sp³-hybridized carbons (Fsp3) is 0.182. The van der Waals surface area contributed by atoms with Crippen molar-refractivity contribution in [2.45, 2.75) is 20.0 Å². The van der Waals surface area contributed by atoms with Crippen molar-refractivity contribution in [2.75, 3.05) is 6.54 Å². The largest absolute Gasteiger partial charge is 0.459 e. The molecule has 0 aromatic heterocycles. The van der Waals surface area contributed by atoms with Crippen LogP contribution < -0.4 is 5.32 Å². The molecule has 0 fully saturated rings. The van der Waals surface area contributed by atoms with Crippen molar-refractivity contribution < 1.29 is 14.3 Å². The number of amides is 1. The lowest BCUT2D eigenvalue weighted by molar-refractivity contribution is -0.145. The lowest BCUT2D eigenvalue weighted by atomic mass is 10.0. The van der Waals surface area contributed by atoms with Crippen LogP contribution in [0.5, 0.6) is 0 Å². The lowest BCUT2D eigenvalue weighted by Gasteiger charge is -2.09. The van der Waals surface area contributed by atoms with Gasteiger partial charge in [0.25, 0.3) is 0 Å². The van der Waals surface area contributed by atoms with Crippen LogP contribution in [0.1, 0.15) is 16.7 Å². The SMILES string of the molecule is Cc1ccccc1COC(=O)CNC(=O)Cc1cccc2ccccc12. The summed E-state index contributed by atoms with van der Waals surface area (Å²) in [6.07, 6.45) is 0.229. The van der Waals surface area contributed by atoms with E-state index in [2.05, 4.69) is 5.32 Å². The van der Waals surface area contributed by atoms with Crippen LogP contribution in [-0.2, 0) is 27.4 Å². The molecule has 0 saturated carbocycles. The maximum Gasteiger partial charge on any atom is 0.325 e. The van der Waals surface area contributed by atoms with Gasteiger partial charge in [-0.25, -0.2) is 0 Å². The third-order valence-corrected chi connectivity index (χ3v) is 4.31. The first-order valence-corrected chi connectivity index (χ1v) is 8.57. The minimum atomic E-state index is -0.445. The summed E-state index contributed by atoms with van der Waals surface area (Å²) >= 11 is 0. The number of carbonyl (C=O) groups is 2. The predicted molar refractivity (Wildman–Crippen MR) is 102 cm³/mol. The molecule has 0 aliphatic rings. The van der Waals surface area contributed by atoms with Crippen LogP contribution in [0.15, 0.2) is 66.7 Å². The molecule has 1 N–H and O–H groups in total. The number of nitrogens with one attached hydrogen (secondary N) is 1. The molecule has 0 spiro atoms. The Morgan fingerprint density at radius 2 is 1.58 bits per heavy atom. The van der Waals surface area contributed by atoms with Gasteiger partial charge in [0.1, 0.15) is 13.2 Å². The Morgan fingerprint density at radius 3 is 2.42 bits per heavy atom. The molecule has 0 radical (unpaired) electrons. The van der Waals surface area contributed by atoms with E-state index >= 15 is 0 Å². The topological polar surface area (TPSA) is 55.4 Å². The summed E-state index contributed by atoms with van der Waals surface area (Å²) in [5, 5.41) is 4.77.